The van der Waals surface area contributed by atoms with Gasteiger partial charge in [-0.15, -0.1) is 0 Å². The zero-order valence-corrected chi connectivity index (χ0v) is 12.8. The van der Waals surface area contributed by atoms with Crippen LogP contribution in [0.4, 0.5) is 0 Å². The summed E-state index contributed by atoms with van der Waals surface area (Å²) >= 11 is 0. The fraction of sp³-hybridized carbons (Fsp3) is 0.529. The zero-order valence-electron chi connectivity index (χ0n) is 12.8. The van der Waals surface area contributed by atoms with Gasteiger partial charge in [0, 0.05) is 32.7 Å². The van der Waals surface area contributed by atoms with E-state index < -0.39 is 0 Å². The molecule has 0 unspecified atom stereocenters. The SMILES string of the molecule is O=C(Cc1ccccc1)NCCC(=O)N1CCC(CO)CC1. The van der Waals surface area contributed by atoms with E-state index in [-0.39, 0.29) is 18.4 Å². The van der Waals surface area contributed by atoms with Gasteiger partial charge in [0.05, 0.1) is 6.42 Å². The van der Waals surface area contributed by atoms with Gasteiger partial charge in [0.15, 0.2) is 0 Å². The van der Waals surface area contributed by atoms with Gasteiger partial charge in [-0.1, -0.05) is 30.3 Å². The van der Waals surface area contributed by atoms with E-state index in [1.165, 1.54) is 0 Å². The molecule has 1 heterocycles. The molecule has 120 valence electrons. The molecule has 0 aliphatic carbocycles. The van der Waals surface area contributed by atoms with Crippen LogP contribution >= 0.6 is 0 Å². The summed E-state index contributed by atoms with van der Waals surface area (Å²) in [5.74, 6) is 0.351. The molecule has 2 N–H and O–H groups in total. The number of amides is 2. The van der Waals surface area contributed by atoms with Crippen molar-refractivity contribution in [3.05, 3.63) is 35.9 Å². The third-order valence-corrected chi connectivity index (χ3v) is 4.09. The Labute approximate surface area is 131 Å². The second-order valence-corrected chi connectivity index (χ2v) is 5.77. The molecule has 1 aliphatic heterocycles. The van der Waals surface area contributed by atoms with Gasteiger partial charge in [0.25, 0.3) is 0 Å². The van der Waals surface area contributed by atoms with Crippen molar-refractivity contribution in [1.29, 1.82) is 0 Å². The van der Waals surface area contributed by atoms with E-state index in [1.54, 1.807) is 0 Å². The van der Waals surface area contributed by atoms with Crippen LogP contribution in [0.25, 0.3) is 0 Å². The molecular weight excluding hydrogens is 280 g/mol. The molecule has 1 fully saturated rings. The lowest BCUT2D eigenvalue weighted by molar-refractivity contribution is -0.132. The number of nitrogens with zero attached hydrogens (tertiary/aromatic N) is 1. The van der Waals surface area contributed by atoms with Crippen molar-refractivity contribution in [3.8, 4) is 0 Å². The number of carbonyl (C=O) groups is 2. The topological polar surface area (TPSA) is 69.6 Å². The monoisotopic (exact) mass is 304 g/mol. The van der Waals surface area contributed by atoms with Crippen LogP contribution in [0.15, 0.2) is 30.3 Å². The fourth-order valence-electron chi connectivity index (χ4n) is 2.68. The van der Waals surface area contributed by atoms with Crippen molar-refractivity contribution < 1.29 is 14.7 Å². The Balaban J connectivity index is 1.64. The zero-order chi connectivity index (χ0) is 15.8. The number of piperidine rings is 1. The van der Waals surface area contributed by atoms with E-state index in [0.717, 1.165) is 18.4 Å². The van der Waals surface area contributed by atoms with Crippen LogP contribution in [0.3, 0.4) is 0 Å². The summed E-state index contributed by atoms with van der Waals surface area (Å²) < 4.78 is 0. The van der Waals surface area contributed by atoms with Gasteiger partial charge in [-0.25, -0.2) is 0 Å². The first-order valence-corrected chi connectivity index (χ1v) is 7.88. The molecule has 0 atom stereocenters. The lowest BCUT2D eigenvalue weighted by atomic mass is 9.98. The Morgan fingerprint density at radius 3 is 2.50 bits per heavy atom. The summed E-state index contributed by atoms with van der Waals surface area (Å²) in [7, 11) is 0. The summed E-state index contributed by atoms with van der Waals surface area (Å²) in [6.45, 7) is 2.01. The second kappa shape index (κ2) is 8.54. The Kier molecular flexibility index (Phi) is 6.40. The summed E-state index contributed by atoms with van der Waals surface area (Å²) in [6.07, 6.45) is 2.41. The van der Waals surface area contributed by atoms with Gasteiger partial charge in [-0.2, -0.15) is 0 Å². The highest BCUT2D eigenvalue weighted by molar-refractivity contribution is 5.80. The van der Waals surface area contributed by atoms with Crippen LogP contribution in [0.5, 0.6) is 0 Å². The first kappa shape index (κ1) is 16.5. The minimum atomic E-state index is -0.0574. The van der Waals surface area contributed by atoms with Crippen molar-refractivity contribution >= 4 is 11.8 Å². The van der Waals surface area contributed by atoms with Gasteiger partial charge >= 0.3 is 0 Å². The molecule has 5 nitrogen and oxygen atoms in total. The molecule has 0 aromatic heterocycles. The molecule has 0 radical (unpaired) electrons. The number of aliphatic hydroxyl groups is 1. The average Bonchev–Trinajstić information content (AvgIpc) is 2.55. The first-order chi connectivity index (χ1) is 10.7. The predicted octanol–water partition coefficient (Wildman–Crippen LogP) is 0.966. The third kappa shape index (κ3) is 5.15. The molecular formula is C17H24N2O3. The smallest absolute Gasteiger partial charge is 0.224 e. The summed E-state index contributed by atoms with van der Waals surface area (Å²) in [4.78, 5) is 25.7. The summed E-state index contributed by atoms with van der Waals surface area (Å²) in [5.41, 5.74) is 0.970. The van der Waals surface area contributed by atoms with Gasteiger partial charge in [0.2, 0.25) is 11.8 Å². The lowest BCUT2D eigenvalue weighted by Crippen LogP contribution is -2.40. The Hall–Kier alpha value is -1.88. The number of carbonyl (C=O) groups excluding carboxylic acids is 2. The summed E-state index contributed by atoms with van der Waals surface area (Å²) in [6, 6.07) is 9.55. The van der Waals surface area contributed by atoms with Crippen molar-refractivity contribution in [2.75, 3.05) is 26.2 Å². The van der Waals surface area contributed by atoms with Crippen molar-refractivity contribution in [1.82, 2.24) is 10.2 Å². The van der Waals surface area contributed by atoms with E-state index in [1.807, 2.05) is 35.2 Å². The molecule has 22 heavy (non-hydrogen) atoms. The van der Waals surface area contributed by atoms with Crippen LogP contribution in [0, 0.1) is 5.92 Å². The maximum absolute atomic E-state index is 12.0. The normalized spacial score (nSPS) is 15.6. The fourth-order valence-corrected chi connectivity index (χ4v) is 2.68. The van der Waals surface area contributed by atoms with Crippen LogP contribution in [0.2, 0.25) is 0 Å². The van der Waals surface area contributed by atoms with Gasteiger partial charge in [-0.05, 0) is 24.3 Å². The van der Waals surface area contributed by atoms with Gasteiger partial charge < -0.3 is 15.3 Å². The maximum Gasteiger partial charge on any atom is 0.224 e. The minimum absolute atomic E-state index is 0.0574. The number of likely N-dealkylation sites (tertiary alicyclic amines) is 1. The molecule has 5 heteroatoms. The standard InChI is InChI=1S/C17H24N2O3/c20-13-15-7-10-19(11-8-15)17(22)6-9-18-16(21)12-14-4-2-1-3-5-14/h1-5,15,20H,6-13H2,(H,18,21). The molecule has 1 aliphatic rings. The third-order valence-electron chi connectivity index (χ3n) is 4.09. The van der Waals surface area contributed by atoms with Crippen LogP contribution in [0.1, 0.15) is 24.8 Å². The average molecular weight is 304 g/mol. The maximum atomic E-state index is 12.0. The van der Waals surface area contributed by atoms with Crippen LogP contribution in [-0.2, 0) is 16.0 Å². The van der Waals surface area contributed by atoms with Crippen molar-refractivity contribution in [2.45, 2.75) is 25.7 Å². The largest absolute Gasteiger partial charge is 0.396 e. The van der Waals surface area contributed by atoms with Gasteiger partial charge in [-0.3, -0.25) is 9.59 Å². The first-order valence-electron chi connectivity index (χ1n) is 7.88. The molecule has 0 bridgehead atoms. The van der Waals surface area contributed by atoms with Gasteiger partial charge in [0.1, 0.15) is 0 Å². The highest BCUT2D eigenvalue weighted by Crippen LogP contribution is 2.16. The van der Waals surface area contributed by atoms with E-state index in [4.69, 9.17) is 5.11 Å². The van der Waals surface area contributed by atoms with Crippen LogP contribution < -0.4 is 5.32 Å². The van der Waals surface area contributed by atoms with Crippen molar-refractivity contribution in [3.63, 3.8) is 0 Å². The number of hydrogen-bond donors (Lipinski definition) is 2. The highest BCUT2D eigenvalue weighted by Gasteiger charge is 2.21. The molecule has 2 rings (SSSR count). The number of nitrogens with one attached hydrogen (secondary N) is 1. The Bertz CT molecular complexity index is 482. The number of rotatable bonds is 6. The number of aliphatic hydroxyl groups excluding tert-OH is 1. The highest BCUT2D eigenvalue weighted by atomic mass is 16.3. The number of hydrogen-bond acceptors (Lipinski definition) is 3. The van der Waals surface area contributed by atoms with Crippen molar-refractivity contribution in [2.24, 2.45) is 5.92 Å². The summed E-state index contributed by atoms with van der Waals surface area (Å²) in [5, 5.41) is 11.9. The lowest BCUT2D eigenvalue weighted by Gasteiger charge is -2.31. The molecule has 0 spiro atoms. The number of benzene rings is 1. The van der Waals surface area contributed by atoms with E-state index in [9.17, 15) is 9.59 Å². The Morgan fingerprint density at radius 2 is 1.86 bits per heavy atom. The predicted molar refractivity (Wildman–Crippen MR) is 84.2 cm³/mol. The quantitative estimate of drug-likeness (QED) is 0.822. The Morgan fingerprint density at radius 1 is 1.18 bits per heavy atom. The molecule has 0 saturated carbocycles. The minimum Gasteiger partial charge on any atom is -0.396 e. The molecule has 1 saturated heterocycles. The molecule has 1 aromatic carbocycles. The second-order valence-electron chi connectivity index (χ2n) is 5.77. The van der Waals surface area contributed by atoms with E-state index in [2.05, 4.69) is 5.32 Å². The van der Waals surface area contributed by atoms with E-state index >= 15 is 0 Å². The molecule has 2 amide bonds. The molecule has 1 aromatic rings. The van der Waals surface area contributed by atoms with E-state index in [0.29, 0.717) is 38.4 Å². The van der Waals surface area contributed by atoms with Crippen LogP contribution in [-0.4, -0.2) is 48.1 Å².